The average Bonchev–Trinajstić information content (AvgIpc) is 2.28. The van der Waals surface area contributed by atoms with Crippen molar-refractivity contribution in [1.29, 1.82) is 0 Å². The lowest BCUT2D eigenvalue weighted by Gasteiger charge is -2.12. The van der Waals surface area contributed by atoms with Crippen LogP contribution in [0.25, 0.3) is 0 Å². The van der Waals surface area contributed by atoms with Crippen molar-refractivity contribution in [3.8, 4) is 0 Å². The van der Waals surface area contributed by atoms with Crippen molar-refractivity contribution in [3.63, 3.8) is 0 Å². The van der Waals surface area contributed by atoms with Gasteiger partial charge in [0.1, 0.15) is 4.90 Å². The van der Waals surface area contributed by atoms with E-state index < -0.39 is 22.0 Å². The largest absolute Gasteiger partial charge is 0.370 e. The predicted molar refractivity (Wildman–Crippen MR) is 69.8 cm³/mol. The molecule has 106 valence electrons. The van der Waals surface area contributed by atoms with Crippen LogP contribution in [0, 0.1) is 0 Å². The molecule has 0 aliphatic rings. The molecule has 1 heterocycles. The first-order valence-corrected chi connectivity index (χ1v) is 7.20. The van der Waals surface area contributed by atoms with Gasteiger partial charge < -0.3 is 11.1 Å². The summed E-state index contributed by atoms with van der Waals surface area (Å²) in [7, 11) is -3.75. The highest BCUT2D eigenvalue weighted by Crippen LogP contribution is 2.08. The maximum absolute atomic E-state index is 11.9. The number of aromatic nitrogens is 2. The molecular formula is C10H17N5O3S. The average molecular weight is 287 g/mol. The van der Waals surface area contributed by atoms with Gasteiger partial charge in [-0.3, -0.25) is 4.79 Å². The van der Waals surface area contributed by atoms with E-state index >= 15 is 0 Å². The Morgan fingerprint density at radius 2 is 2.00 bits per heavy atom. The van der Waals surface area contributed by atoms with E-state index in [1.54, 1.807) is 6.92 Å². The first-order chi connectivity index (χ1) is 8.85. The molecule has 4 N–H and O–H groups in total. The number of sulfonamides is 1. The first-order valence-electron chi connectivity index (χ1n) is 5.71. The smallest absolute Gasteiger partial charge is 0.243 e. The monoisotopic (exact) mass is 287 g/mol. The fourth-order valence-corrected chi connectivity index (χ4v) is 2.51. The third-order valence-electron chi connectivity index (χ3n) is 2.14. The second-order valence-corrected chi connectivity index (χ2v) is 5.68. The molecule has 0 saturated carbocycles. The van der Waals surface area contributed by atoms with Gasteiger partial charge in [-0.25, -0.2) is 23.1 Å². The van der Waals surface area contributed by atoms with Crippen molar-refractivity contribution < 1.29 is 13.2 Å². The third kappa shape index (κ3) is 4.79. The molecule has 0 aliphatic carbocycles. The van der Waals surface area contributed by atoms with Crippen LogP contribution >= 0.6 is 0 Å². The lowest BCUT2D eigenvalue weighted by atomic mass is 10.2. The SMILES string of the molecule is CCNc1ncc(S(=O)(=O)NC(C)CC(N)=O)cn1. The number of amides is 1. The van der Waals surface area contributed by atoms with Crippen molar-refractivity contribution in [2.45, 2.75) is 31.2 Å². The second-order valence-electron chi connectivity index (χ2n) is 3.97. The molecule has 1 atom stereocenters. The molecule has 8 nitrogen and oxygen atoms in total. The number of carbonyl (C=O) groups is 1. The van der Waals surface area contributed by atoms with Crippen LogP contribution in [-0.4, -0.2) is 36.9 Å². The number of rotatable bonds is 7. The summed E-state index contributed by atoms with van der Waals surface area (Å²) in [6, 6.07) is -0.587. The van der Waals surface area contributed by atoms with Gasteiger partial charge >= 0.3 is 0 Å². The highest BCUT2D eigenvalue weighted by atomic mass is 32.2. The Morgan fingerprint density at radius 1 is 1.42 bits per heavy atom. The van der Waals surface area contributed by atoms with Crippen molar-refractivity contribution in [3.05, 3.63) is 12.4 Å². The lowest BCUT2D eigenvalue weighted by Crippen LogP contribution is -2.35. The fourth-order valence-electron chi connectivity index (χ4n) is 1.38. The summed E-state index contributed by atoms with van der Waals surface area (Å²) in [4.78, 5) is 18.4. The van der Waals surface area contributed by atoms with Crippen LogP contribution in [-0.2, 0) is 14.8 Å². The van der Waals surface area contributed by atoms with Crippen LogP contribution < -0.4 is 15.8 Å². The number of primary amides is 1. The second kappa shape index (κ2) is 6.43. The number of nitrogens with zero attached hydrogens (tertiary/aromatic N) is 2. The standard InChI is InChI=1S/C10H17N5O3S/c1-3-12-10-13-5-8(6-14-10)19(17,18)15-7(2)4-9(11)16/h5-7,15H,3-4H2,1-2H3,(H2,11,16)(H,12,13,14). The molecule has 1 aromatic heterocycles. The number of hydrogen-bond donors (Lipinski definition) is 3. The third-order valence-corrected chi connectivity index (χ3v) is 3.68. The van der Waals surface area contributed by atoms with Gasteiger partial charge in [0.05, 0.1) is 12.4 Å². The van der Waals surface area contributed by atoms with Gasteiger partial charge in [-0.1, -0.05) is 0 Å². The van der Waals surface area contributed by atoms with Gasteiger partial charge in [-0.2, -0.15) is 0 Å². The van der Waals surface area contributed by atoms with Gasteiger partial charge in [0.2, 0.25) is 21.9 Å². The van der Waals surface area contributed by atoms with Crippen LogP contribution in [0.5, 0.6) is 0 Å². The predicted octanol–water partition coefficient (Wildman–Crippen LogP) is -0.549. The minimum Gasteiger partial charge on any atom is -0.370 e. The van der Waals surface area contributed by atoms with E-state index in [1.165, 1.54) is 12.4 Å². The van der Waals surface area contributed by atoms with E-state index in [4.69, 9.17) is 5.73 Å². The number of nitrogens with one attached hydrogen (secondary N) is 2. The fraction of sp³-hybridized carbons (Fsp3) is 0.500. The van der Waals surface area contributed by atoms with E-state index in [0.29, 0.717) is 12.5 Å². The highest BCUT2D eigenvalue weighted by molar-refractivity contribution is 7.89. The summed E-state index contributed by atoms with van der Waals surface area (Å²) in [5.41, 5.74) is 5.00. The van der Waals surface area contributed by atoms with Gasteiger partial charge in [-0.05, 0) is 13.8 Å². The Balaban J connectivity index is 2.79. The molecule has 0 aromatic carbocycles. The van der Waals surface area contributed by atoms with E-state index in [-0.39, 0.29) is 11.3 Å². The molecule has 1 aromatic rings. The maximum Gasteiger partial charge on any atom is 0.243 e. The summed E-state index contributed by atoms with van der Waals surface area (Å²) in [6.45, 7) is 4.07. The molecule has 0 radical (unpaired) electrons. The van der Waals surface area contributed by atoms with E-state index in [0.717, 1.165) is 0 Å². The molecule has 0 fully saturated rings. The zero-order chi connectivity index (χ0) is 14.5. The van der Waals surface area contributed by atoms with Crippen LogP contribution in [0.1, 0.15) is 20.3 Å². The van der Waals surface area contributed by atoms with Crippen LogP contribution in [0.2, 0.25) is 0 Å². The molecule has 1 rings (SSSR count). The minimum atomic E-state index is -3.75. The number of anilines is 1. The van der Waals surface area contributed by atoms with Crippen molar-refractivity contribution in [2.75, 3.05) is 11.9 Å². The molecule has 1 unspecified atom stereocenters. The maximum atomic E-state index is 11.9. The Kier molecular flexibility index (Phi) is 5.19. The number of hydrogen-bond acceptors (Lipinski definition) is 6. The van der Waals surface area contributed by atoms with Gasteiger partial charge in [-0.15, -0.1) is 0 Å². The first kappa shape index (κ1) is 15.3. The van der Waals surface area contributed by atoms with Gasteiger partial charge in [0, 0.05) is 19.0 Å². The zero-order valence-electron chi connectivity index (χ0n) is 10.8. The molecule has 9 heteroatoms. The van der Waals surface area contributed by atoms with Crippen LogP contribution in [0.15, 0.2) is 17.3 Å². The van der Waals surface area contributed by atoms with Crippen molar-refractivity contribution in [1.82, 2.24) is 14.7 Å². The van der Waals surface area contributed by atoms with E-state index in [2.05, 4.69) is 20.0 Å². The Morgan fingerprint density at radius 3 is 2.47 bits per heavy atom. The summed E-state index contributed by atoms with van der Waals surface area (Å²) < 4.78 is 26.2. The van der Waals surface area contributed by atoms with Crippen LogP contribution in [0.4, 0.5) is 5.95 Å². The van der Waals surface area contributed by atoms with E-state index in [1.807, 2.05) is 6.92 Å². The Labute approximate surface area is 111 Å². The summed E-state index contributed by atoms with van der Waals surface area (Å²) in [5.74, 6) is -0.222. The van der Waals surface area contributed by atoms with E-state index in [9.17, 15) is 13.2 Å². The van der Waals surface area contributed by atoms with Crippen LogP contribution in [0.3, 0.4) is 0 Å². The van der Waals surface area contributed by atoms with Crippen molar-refractivity contribution >= 4 is 21.9 Å². The van der Waals surface area contributed by atoms with Gasteiger partial charge in [0.15, 0.2) is 0 Å². The molecule has 0 saturated heterocycles. The number of nitrogens with two attached hydrogens (primary N) is 1. The molecular weight excluding hydrogens is 270 g/mol. The molecule has 1 amide bonds. The minimum absolute atomic E-state index is 0.0644. The quantitative estimate of drug-likeness (QED) is 0.617. The highest BCUT2D eigenvalue weighted by Gasteiger charge is 2.19. The van der Waals surface area contributed by atoms with Crippen molar-refractivity contribution in [2.24, 2.45) is 5.73 Å². The molecule has 0 aliphatic heterocycles. The number of carbonyl (C=O) groups excluding carboxylic acids is 1. The Bertz CT molecular complexity index is 529. The molecule has 0 bridgehead atoms. The topological polar surface area (TPSA) is 127 Å². The van der Waals surface area contributed by atoms with Gasteiger partial charge in [0.25, 0.3) is 0 Å². The summed E-state index contributed by atoms with van der Waals surface area (Å²) in [6.07, 6.45) is 2.32. The molecule has 19 heavy (non-hydrogen) atoms. The normalized spacial score (nSPS) is 12.9. The lowest BCUT2D eigenvalue weighted by molar-refractivity contribution is -0.118. The zero-order valence-corrected chi connectivity index (χ0v) is 11.6. The summed E-state index contributed by atoms with van der Waals surface area (Å²) >= 11 is 0. The Hall–Kier alpha value is -1.74. The summed E-state index contributed by atoms with van der Waals surface area (Å²) in [5, 5.41) is 2.85. The molecule has 0 spiro atoms.